The topological polar surface area (TPSA) is 187 Å². The predicted molar refractivity (Wildman–Crippen MR) is 186 cm³/mol. The summed E-state index contributed by atoms with van der Waals surface area (Å²) in [7, 11) is -8.23. The van der Waals surface area contributed by atoms with E-state index in [4.69, 9.17) is 16.3 Å². The van der Waals surface area contributed by atoms with Gasteiger partial charge in [0, 0.05) is 81.7 Å². The third kappa shape index (κ3) is 6.48. The van der Waals surface area contributed by atoms with Crippen LogP contribution in [0.25, 0.3) is 0 Å². The first-order chi connectivity index (χ1) is 23.9. The molecular weight excluding hydrogens is 726 g/mol. The lowest BCUT2D eigenvalue weighted by atomic mass is 9.86. The zero-order valence-corrected chi connectivity index (χ0v) is 30.7. The molecule has 1 aliphatic carbocycles. The van der Waals surface area contributed by atoms with Gasteiger partial charge in [0.15, 0.2) is 0 Å². The predicted octanol–water partition coefficient (Wildman–Crippen LogP) is 5.30. The van der Waals surface area contributed by atoms with Crippen molar-refractivity contribution in [3.63, 3.8) is 0 Å². The van der Waals surface area contributed by atoms with E-state index >= 15 is 0 Å². The number of alkyl halides is 1. The quantitative estimate of drug-likeness (QED) is 0.148. The Morgan fingerprint density at radius 3 is 1.67 bits per heavy atom. The van der Waals surface area contributed by atoms with Crippen LogP contribution in [-0.2, 0) is 24.8 Å². The number of sulfonamides is 2. The van der Waals surface area contributed by atoms with Gasteiger partial charge in [0.05, 0.1) is 24.5 Å². The number of piperidine rings is 2. The number of halogens is 1. The fraction of sp³-hybridized carbons (Fsp3) is 0.485. The number of allylic oxidation sites excluding steroid dienone is 2. The van der Waals surface area contributed by atoms with Crippen LogP contribution in [0.2, 0.25) is 0 Å². The van der Waals surface area contributed by atoms with Crippen LogP contribution in [0.5, 0.6) is 0 Å². The summed E-state index contributed by atoms with van der Waals surface area (Å²) in [6.07, 6.45) is 4.81. The van der Waals surface area contributed by atoms with Gasteiger partial charge in [-0.3, -0.25) is 20.2 Å². The number of quaternary nitrogens is 1. The highest BCUT2D eigenvalue weighted by Gasteiger charge is 2.60. The van der Waals surface area contributed by atoms with Crippen molar-refractivity contribution >= 4 is 49.1 Å². The van der Waals surface area contributed by atoms with Crippen LogP contribution in [-0.4, -0.2) is 95.6 Å². The summed E-state index contributed by atoms with van der Waals surface area (Å²) in [6, 6.07) is 6.59. The van der Waals surface area contributed by atoms with Gasteiger partial charge in [-0.2, -0.15) is 17.9 Å². The Kier molecular flexibility index (Phi) is 9.69. The molecule has 0 bridgehead atoms. The fourth-order valence-electron chi connectivity index (χ4n) is 7.98. The van der Waals surface area contributed by atoms with Crippen molar-refractivity contribution in [3.8, 4) is 0 Å². The van der Waals surface area contributed by atoms with E-state index in [0.717, 1.165) is 23.4 Å². The number of nitro benzene ring substituents is 2. The summed E-state index contributed by atoms with van der Waals surface area (Å²) < 4.78 is 63.5. The van der Waals surface area contributed by atoms with E-state index < -0.39 is 52.9 Å². The van der Waals surface area contributed by atoms with Crippen molar-refractivity contribution in [3.05, 3.63) is 91.2 Å². The van der Waals surface area contributed by atoms with Crippen molar-refractivity contribution in [2.45, 2.75) is 79.6 Å². The molecule has 2 aromatic rings. The molecule has 3 saturated heterocycles. The second-order valence-corrected chi connectivity index (χ2v) is 18.4. The number of hydrogen-bond acceptors (Lipinski definition) is 10. The molecule has 6 rings (SSSR count). The van der Waals surface area contributed by atoms with Gasteiger partial charge >= 0.3 is 6.09 Å². The van der Waals surface area contributed by atoms with E-state index in [1.165, 1.54) is 32.9 Å². The largest absolute Gasteiger partial charge is 0.522 e. The van der Waals surface area contributed by atoms with Gasteiger partial charge in [0.2, 0.25) is 20.0 Å². The number of amides is 1. The smallest absolute Gasteiger partial charge is 0.415 e. The first kappa shape index (κ1) is 37.0. The molecule has 1 amide bonds. The molecule has 1 atom stereocenters. The molecule has 15 nitrogen and oxygen atoms in total. The van der Waals surface area contributed by atoms with Crippen LogP contribution in [0, 0.1) is 34.1 Å². The maximum absolute atomic E-state index is 14.3. The number of carbonyl (C=O) groups is 1. The van der Waals surface area contributed by atoms with Gasteiger partial charge in [0.25, 0.3) is 11.4 Å². The zero-order chi connectivity index (χ0) is 37.1. The molecule has 3 aliphatic heterocycles. The number of cyclic esters (lactones) is 1. The van der Waals surface area contributed by atoms with Crippen molar-refractivity contribution < 1.29 is 40.7 Å². The van der Waals surface area contributed by atoms with Crippen LogP contribution in [0.4, 0.5) is 16.2 Å². The number of aryl methyl sites for hydroxylation is 2. The van der Waals surface area contributed by atoms with E-state index in [1.807, 2.05) is 19.1 Å². The van der Waals surface area contributed by atoms with Crippen molar-refractivity contribution in [1.29, 1.82) is 0 Å². The Bertz CT molecular complexity index is 1970. The van der Waals surface area contributed by atoms with Crippen LogP contribution in [0.1, 0.15) is 50.2 Å². The maximum atomic E-state index is 14.3. The van der Waals surface area contributed by atoms with Gasteiger partial charge in [-0.1, -0.05) is 18.2 Å². The molecule has 3 heterocycles. The molecular formula is C33H39ClN5O10S2+. The standard InChI is InChI=1S/C33H39ClN5O10S2/c1-22-4-6-25(37(41)42)18-30(22)50(45,46)35-14-9-27(10-15-35)39(29-8-13-33(3,34)20-24(29)21-49-32(39)40)28-11-16-36(17-12-28)51(47,48)31-19-26(38(43)44)7-5-23(31)2/h4-8,18-20,27-28H,9-17,21H2,1-3H3/q+1. The number of nitro groups is 2. The molecule has 1 unspecified atom stereocenters. The lowest BCUT2D eigenvalue weighted by Crippen LogP contribution is -2.69. The first-order valence-corrected chi connectivity index (χ1v) is 19.8. The third-order valence-electron chi connectivity index (χ3n) is 10.6. The molecule has 3 fully saturated rings. The molecule has 0 N–H and O–H groups in total. The minimum Gasteiger partial charge on any atom is -0.415 e. The molecule has 4 aliphatic rings. The molecule has 274 valence electrons. The number of rotatable bonds is 8. The van der Waals surface area contributed by atoms with E-state index in [0.29, 0.717) is 17.5 Å². The Labute approximate surface area is 301 Å². The van der Waals surface area contributed by atoms with Crippen LogP contribution in [0.15, 0.2) is 69.6 Å². The van der Waals surface area contributed by atoms with Crippen LogP contribution < -0.4 is 0 Å². The number of fused-ring (bicyclic) bond motifs is 1. The van der Waals surface area contributed by atoms with Gasteiger partial charge in [-0.05, 0) is 44.4 Å². The summed E-state index contributed by atoms with van der Waals surface area (Å²) in [6.45, 7) is 5.21. The highest BCUT2D eigenvalue weighted by atomic mass is 35.5. The molecule has 0 spiro atoms. The Balaban J connectivity index is 1.31. The zero-order valence-electron chi connectivity index (χ0n) is 28.4. The number of nitrogens with zero attached hydrogens (tertiary/aromatic N) is 5. The highest BCUT2D eigenvalue weighted by molar-refractivity contribution is 7.89. The Hall–Kier alpha value is -3.74. The summed E-state index contributed by atoms with van der Waals surface area (Å²) in [5, 5.41) is 22.9. The average Bonchev–Trinajstić information content (AvgIpc) is 3.08. The fourth-order valence-corrected chi connectivity index (χ4v) is 11.6. The summed E-state index contributed by atoms with van der Waals surface area (Å²) in [4.78, 5) is 34.9. The van der Waals surface area contributed by atoms with Gasteiger partial charge in [0.1, 0.15) is 24.4 Å². The second-order valence-electron chi connectivity index (χ2n) is 13.8. The number of carbonyl (C=O) groups excluding carboxylic acids is 1. The van der Waals surface area contributed by atoms with Gasteiger partial charge in [-0.25, -0.2) is 16.8 Å². The minimum absolute atomic E-state index is 0.0194. The van der Waals surface area contributed by atoms with E-state index in [-0.39, 0.29) is 84.1 Å². The summed E-state index contributed by atoms with van der Waals surface area (Å²) in [5.74, 6) is 0. The molecule has 0 saturated carbocycles. The molecule has 0 aromatic heterocycles. The normalized spacial score (nSPS) is 23.9. The number of ether oxygens (including phenoxy) is 1. The van der Waals surface area contributed by atoms with Crippen LogP contribution >= 0.6 is 11.6 Å². The van der Waals surface area contributed by atoms with Crippen molar-refractivity contribution in [2.24, 2.45) is 0 Å². The molecule has 18 heteroatoms. The number of benzene rings is 2. The van der Waals surface area contributed by atoms with E-state index in [1.54, 1.807) is 13.8 Å². The molecule has 51 heavy (non-hydrogen) atoms. The lowest BCUT2D eigenvalue weighted by Gasteiger charge is -2.53. The van der Waals surface area contributed by atoms with Crippen LogP contribution in [0.3, 0.4) is 0 Å². The lowest BCUT2D eigenvalue weighted by molar-refractivity contribution is -0.875. The Morgan fingerprint density at radius 2 is 1.25 bits per heavy atom. The maximum Gasteiger partial charge on any atom is 0.522 e. The monoisotopic (exact) mass is 764 g/mol. The van der Waals surface area contributed by atoms with E-state index in [9.17, 15) is 41.9 Å². The molecule has 0 radical (unpaired) electrons. The average molecular weight is 765 g/mol. The SMILES string of the molecule is Cc1ccc([N+](=O)[O-])cc1S(=O)(=O)N1CCC([N+]2(C3CCN(S(=O)(=O)c4cc([N+](=O)[O-])ccc4C)CC3)C(=O)OCC3=CC(C)(Cl)CC=C32)CC1. The van der Waals surface area contributed by atoms with Crippen molar-refractivity contribution in [2.75, 3.05) is 32.8 Å². The second kappa shape index (κ2) is 13.3. The minimum atomic E-state index is -4.12. The Morgan fingerprint density at radius 1 is 0.824 bits per heavy atom. The summed E-state index contributed by atoms with van der Waals surface area (Å²) in [5.41, 5.74) is 1.56. The van der Waals surface area contributed by atoms with E-state index in [2.05, 4.69) is 0 Å². The molecule has 2 aromatic carbocycles. The van der Waals surface area contributed by atoms with Crippen molar-refractivity contribution in [1.82, 2.24) is 8.61 Å². The van der Waals surface area contributed by atoms with Gasteiger partial charge in [-0.15, -0.1) is 11.6 Å². The first-order valence-electron chi connectivity index (χ1n) is 16.6. The third-order valence-corrected chi connectivity index (χ3v) is 14.9. The van der Waals surface area contributed by atoms with Gasteiger partial charge < -0.3 is 4.74 Å². The number of non-ortho nitro benzene ring substituents is 2. The number of hydrogen-bond donors (Lipinski definition) is 0. The summed E-state index contributed by atoms with van der Waals surface area (Å²) >= 11 is 6.74. The highest BCUT2D eigenvalue weighted by Crippen LogP contribution is 2.47.